The van der Waals surface area contributed by atoms with Crippen molar-refractivity contribution in [3.63, 3.8) is 0 Å². The number of benzene rings is 2. The third-order valence-electron chi connectivity index (χ3n) is 4.78. The van der Waals surface area contributed by atoms with E-state index in [9.17, 15) is 9.59 Å². The van der Waals surface area contributed by atoms with Crippen LogP contribution in [0, 0.1) is 6.92 Å². The van der Waals surface area contributed by atoms with Gasteiger partial charge in [-0.1, -0.05) is 43.3 Å². The predicted octanol–water partition coefficient (Wildman–Crippen LogP) is 4.10. The SMILES string of the molecule is CCC[C@@H](C)NC(=O)CSc1nc2ccccc2c(=O)n1-c1cc(C)ccc1OC. The molecule has 0 spiro atoms. The number of aryl methyl sites for hydroxylation is 1. The van der Waals surface area contributed by atoms with Crippen LogP contribution in [0.1, 0.15) is 32.3 Å². The number of methoxy groups -OCH3 is 1. The van der Waals surface area contributed by atoms with E-state index in [2.05, 4.69) is 12.2 Å². The zero-order valence-corrected chi connectivity index (χ0v) is 18.6. The van der Waals surface area contributed by atoms with Gasteiger partial charge in [-0.2, -0.15) is 0 Å². The molecule has 1 heterocycles. The number of nitrogens with zero attached hydrogens (tertiary/aromatic N) is 2. The molecule has 0 fully saturated rings. The number of carbonyl (C=O) groups is 1. The van der Waals surface area contributed by atoms with Crippen molar-refractivity contribution >= 4 is 28.6 Å². The molecule has 1 aromatic heterocycles. The van der Waals surface area contributed by atoms with Gasteiger partial charge in [-0.05, 0) is 50.1 Å². The molecule has 6 nitrogen and oxygen atoms in total. The summed E-state index contributed by atoms with van der Waals surface area (Å²) in [5.41, 5.74) is 2.02. The number of para-hydroxylation sites is 1. The molecule has 0 saturated heterocycles. The quantitative estimate of drug-likeness (QED) is 0.434. The van der Waals surface area contributed by atoms with Crippen molar-refractivity contribution in [2.75, 3.05) is 12.9 Å². The summed E-state index contributed by atoms with van der Waals surface area (Å²) in [4.78, 5) is 30.5. The smallest absolute Gasteiger partial charge is 0.266 e. The van der Waals surface area contributed by atoms with Crippen molar-refractivity contribution in [1.29, 1.82) is 0 Å². The fourth-order valence-corrected chi connectivity index (χ4v) is 4.16. The van der Waals surface area contributed by atoms with E-state index in [0.717, 1.165) is 18.4 Å². The van der Waals surface area contributed by atoms with Crippen molar-refractivity contribution in [2.24, 2.45) is 0 Å². The number of hydrogen-bond acceptors (Lipinski definition) is 5. The maximum absolute atomic E-state index is 13.4. The molecule has 0 aliphatic carbocycles. The minimum atomic E-state index is -0.188. The van der Waals surface area contributed by atoms with E-state index in [1.807, 2.05) is 50.2 Å². The number of rotatable bonds is 8. The molecule has 30 heavy (non-hydrogen) atoms. The summed E-state index contributed by atoms with van der Waals surface area (Å²) in [5, 5.41) is 3.97. The Balaban J connectivity index is 2.05. The third-order valence-corrected chi connectivity index (χ3v) is 5.72. The summed E-state index contributed by atoms with van der Waals surface area (Å²) in [6.45, 7) is 6.04. The van der Waals surface area contributed by atoms with Crippen LogP contribution in [0.15, 0.2) is 52.4 Å². The lowest BCUT2D eigenvalue weighted by molar-refractivity contribution is -0.119. The van der Waals surface area contributed by atoms with Crippen molar-refractivity contribution in [3.05, 3.63) is 58.4 Å². The van der Waals surface area contributed by atoms with Crippen molar-refractivity contribution in [3.8, 4) is 11.4 Å². The molecule has 158 valence electrons. The number of ether oxygens (including phenoxy) is 1. The lowest BCUT2D eigenvalue weighted by atomic mass is 10.2. The summed E-state index contributed by atoms with van der Waals surface area (Å²) >= 11 is 1.25. The summed E-state index contributed by atoms with van der Waals surface area (Å²) in [7, 11) is 1.57. The van der Waals surface area contributed by atoms with Crippen LogP contribution >= 0.6 is 11.8 Å². The zero-order chi connectivity index (χ0) is 21.7. The van der Waals surface area contributed by atoms with Gasteiger partial charge in [0.05, 0.1) is 29.5 Å². The van der Waals surface area contributed by atoms with E-state index in [-0.39, 0.29) is 23.3 Å². The molecule has 0 bridgehead atoms. The van der Waals surface area contributed by atoms with Gasteiger partial charge in [-0.15, -0.1) is 0 Å². The molecule has 0 aliphatic heterocycles. The van der Waals surface area contributed by atoms with Gasteiger partial charge >= 0.3 is 0 Å². The topological polar surface area (TPSA) is 73.2 Å². The Bertz CT molecular complexity index is 1110. The Kier molecular flexibility index (Phi) is 7.15. The number of fused-ring (bicyclic) bond motifs is 1. The van der Waals surface area contributed by atoms with Gasteiger partial charge in [0.1, 0.15) is 5.75 Å². The van der Waals surface area contributed by atoms with Crippen LogP contribution in [0.3, 0.4) is 0 Å². The average molecular weight is 426 g/mol. The van der Waals surface area contributed by atoms with Gasteiger partial charge < -0.3 is 10.1 Å². The predicted molar refractivity (Wildman–Crippen MR) is 122 cm³/mol. The van der Waals surface area contributed by atoms with E-state index in [1.54, 1.807) is 17.7 Å². The fraction of sp³-hybridized carbons (Fsp3) is 0.348. The molecule has 3 rings (SSSR count). The van der Waals surface area contributed by atoms with E-state index >= 15 is 0 Å². The first kappa shape index (κ1) is 21.9. The monoisotopic (exact) mass is 425 g/mol. The van der Waals surface area contributed by atoms with Crippen LogP contribution < -0.4 is 15.6 Å². The Hall–Kier alpha value is -2.80. The molecule has 0 aliphatic rings. The summed E-state index contributed by atoms with van der Waals surface area (Å²) in [6, 6.07) is 13.0. The number of nitrogens with one attached hydrogen (secondary N) is 1. The highest BCUT2D eigenvalue weighted by molar-refractivity contribution is 7.99. The van der Waals surface area contributed by atoms with Gasteiger partial charge in [-0.3, -0.25) is 14.2 Å². The van der Waals surface area contributed by atoms with Crippen LogP contribution in [-0.2, 0) is 4.79 Å². The van der Waals surface area contributed by atoms with Crippen LogP contribution in [0.5, 0.6) is 5.75 Å². The standard InChI is InChI=1S/C23H27N3O3S/c1-5-8-16(3)24-21(27)14-30-23-25-18-10-7-6-9-17(18)22(28)26(23)19-13-15(2)11-12-20(19)29-4/h6-7,9-13,16H,5,8,14H2,1-4H3,(H,24,27)/t16-/m1/s1. The first-order valence-corrected chi connectivity index (χ1v) is 11.0. The maximum Gasteiger partial charge on any atom is 0.266 e. The van der Waals surface area contributed by atoms with Crippen LogP contribution in [0.4, 0.5) is 0 Å². The molecule has 2 aromatic carbocycles. The summed E-state index contributed by atoms with van der Waals surface area (Å²) < 4.78 is 7.05. The largest absolute Gasteiger partial charge is 0.495 e. The lowest BCUT2D eigenvalue weighted by Crippen LogP contribution is -2.34. The van der Waals surface area contributed by atoms with Gasteiger partial charge in [0.25, 0.3) is 5.56 Å². The number of amides is 1. The number of hydrogen-bond donors (Lipinski definition) is 1. The Morgan fingerprint density at radius 1 is 1.27 bits per heavy atom. The highest BCUT2D eigenvalue weighted by Crippen LogP contribution is 2.28. The van der Waals surface area contributed by atoms with Crippen LogP contribution in [-0.4, -0.2) is 34.4 Å². The first-order chi connectivity index (χ1) is 14.4. The van der Waals surface area contributed by atoms with Crippen molar-refractivity contribution < 1.29 is 9.53 Å². The van der Waals surface area contributed by atoms with E-state index in [1.165, 1.54) is 11.8 Å². The minimum absolute atomic E-state index is 0.0777. The molecule has 1 amide bonds. The maximum atomic E-state index is 13.4. The van der Waals surface area contributed by atoms with Gasteiger partial charge in [0.2, 0.25) is 5.91 Å². The third kappa shape index (κ3) is 4.84. The molecular weight excluding hydrogens is 398 g/mol. The second kappa shape index (κ2) is 9.80. The van der Waals surface area contributed by atoms with Gasteiger partial charge in [-0.25, -0.2) is 4.98 Å². The molecule has 3 aromatic rings. The Labute approximate surface area is 180 Å². The Morgan fingerprint density at radius 2 is 2.03 bits per heavy atom. The van der Waals surface area contributed by atoms with Crippen molar-refractivity contribution in [1.82, 2.24) is 14.9 Å². The molecule has 0 unspecified atom stereocenters. The Morgan fingerprint density at radius 3 is 2.77 bits per heavy atom. The molecule has 1 N–H and O–H groups in total. The van der Waals surface area contributed by atoms with Crippen LogP contribution in [0.25, 0.3) is 16.6 Å². The highest BCUT2D eigenvalue weighted by atomic mass is 32.2. The van der Waals surface area contributed by atoms with E-state index < -0.39 is 0 Å². The first-order valence-electron chi connectivity index (χ1n) is 10.0. The number of carbonyl (C=O) groups excluding carboxylic acids is 1. The molecule has 0 radical (unpaired) electrons. The van der Waals surface area contributed by atoms with Crippen molar-refractivity contribution in [2.45, 2.75) is 44.8 Å². The van der Waals surface area contributed by atoms with Crippen LogP contribution in [0.2, 0.25) is 0 Å². The fourth-order valence-electron chi connectivity index (χ4n) is 3.35. The van der Waals surface area contributed by atoms with E-state index in [0.29, 0.717) is 27.5 Å². The molecule has 7 heteroatoms. The van der Waals surface area contributed by atoms with Gasteiger partial charge in [0.15, 0.2) is 5.16 Å². The number of thioether (sulfide) groups is 1. The highest BCUT2D eigenvalue weighted by Gasteiger charge is 2.18. The average Bonchev–Trinajstić information content (AvgIpc) is 2.72. The minimum Gasteiger partial charge on any atom is -0.495 e. The molecule has 0 saturated carbocycles. The normalized spacial score (nSPS) is 12.0. The lowest BCUT2D eigenvalue weighted by Gasteiger charge is -2.17. The zero-order valence-electron chi connectivity index (χ0n) is 17.8. The summed E-state index contributed by atoms with van der Waals surface area (Å²) in [5.74, 6) is 0.668. The van der Waals surface area contributed by atoms with E-state index in [4.69, 9.17) is 9.72 Å². The summed E-state index contributed by atoms with van der Waals surface area (Å²) in [6.07, 6.45) is 1.93. The second-order valence-electron chi connectivity index (χ2n) is 7.27. The number of aromatic nitrogens is 2. The second-order valence-corrected chi connectivity index (χ2v) is 8.22. The van der Waals surface area contributed by atoms with Gasteiger partial charge in [0, 0.05) is 6.04 Å². The molecular formula is C23H27N3O3S. The molecule has 1 atom stereocenters.